The van der Waals surface area contributed by atoms with Gasteiger partial charge in [0.2, 0.25) is 15.9 Å². The maximum atomic E-state index is 12.3. The van der Waals surface area contributed by atoms with Gasteiger partial charge in [0.05, 0.1) is 24.7 Å². The second-order valence-electron chi connectivity index (χ2n) is 5.18. The number of amides is 2. The van der Waals surface area contributed by atoms with Crippen molar-refractivity contribution in [2.45, 2.75) is 6.42 Å². The molecule has 0 aromatic heterocycles. The molecule has 2 aliphatic heterocycles. The fraction of sp³-hybridized carbons (Fsp3) is 0.429. The summed E-state index contributed by atoms with van der Waals surface area (Å²) in [6, 6.07) is 6.09. The normalized spacial score (nSPS) is 21.2. The standard InChI is InChI=1S/C14H16N2O5S/c17-13-5-10-22(19,20)16(13)12-3-1-11(2-4-12)14(18)15-6-8-21-9-7-15/h1-4H,5-10H2. The van der Waals surface area contributed by atoms with Crippen LogP contribution >= 0.6 is 0 Å². The third-order valence-corrected chi connectivity index (χ3v) is 5.42. The predicted octanol–water partition coefficient (Wildman–Crippen LogP) is 0.226. The van der Waals surface area contributed by atoms with Gasteiger partial charge in [-0.1, -0.05) is 0 Å². The highest BCUT2D eigenvalue weighted by Crippen LogP contribution is 2.25. The first-order chi connectivity index (χ1) is 10.5. The Morgan fingerprint density at radius 1 is 1.09 bits per heavy atom. The van der Waals surface area contributed by atoms with E-state index < -0.39 is 15.9 Å². The van der Waals surface area contributed by atoms with Crippen molar-refractivity contribution in [2.24, 2.45) is 0 Å². The lowest BCUT2D eigenvalue weighted by Gasteiger charge is -2.27. The third-order valence-electron chi connectivity index (χ3n) is 3.73. The first-order valence-corrected chi connectivity index (χ1v) is 8.63. The smallest absolute Gasteiger partial charge is 0.254 e. The first-order valence-electron chi connectivity index (χ1n) is 7.02. The van der Waals surface area contributed by atoms with Crippen molar-refractivity contribution in [1.29, 1.82) is 0 Å². The summed E-state index contributed by atoms with van der Waals surface area (Å²) in [5.41, 5.74) is 0.746. The van der Waals surface area contributed by atoms with Crippen LogP contribution in [0.4, 0.5) is 5.69 Å². The molecule has 0 atom stereocenters. The van der Waals surface area contributed by atoms with Gasteiger partial charge in [-0.25, -0.2) is 12.7 Å². The molecule has 1 aromatic carbocycles. The van der Waals surface area contributed by atoms with Gasteiger partial charge in [-0.2, -0.15) is 0 Å². The van der Waals surface area contributed by atoms with Crippen LogP contribution < -0.4 is 4.31 Å². The minimum atomic E-state index is -3.57. The molecule has 2 fully saturated rings. The van der Waals surface area contributed by atoms with Crippen LogP contribution in [0.3, 0.4) is 0 Å². The quantitative estimate of drug-likeness (QED) is 0.777. The number of rotatable bonds is 2. The average molecular weight is 324 g/mol. The average Bonchev–Trinajstić information content (AvgIpc) is 2.81. The number of carbonyl (C=O) groups is 2. The summed E-state index contributed by atoms with van der Waals surface area (Å²) >= 11 is 0. The molecule has 2 aliphatic rings. The molecule has 1 aromatic rings. The Labute approximate surface area is 128 Å². The predicted molar refractivity (Wildman–Crippen MR) is 79.1 cm³/mol. The molecule has 0 bridgehead atoms. The van der Waals surface area contributed by atoms with Crippen molar-refractivity contribution < 1.29 is 22.7 Å². The Morgan fingerprint density at radius 3 is 2.27 bits per heavy atom. The number of morpholine rings is 1. The molecule has 22 heavy (non-hydrogen) atoms. The Hall–Kier alpha value is -1.93. The van der Waals surface area contributed by atoms with Gasteiger partial charge in [0.15, 0.2) is 0 Å². The number of hydrogen-bond acceptors (Lipinski definition) is 5. The van der Waals surface area contributed by atoms with Crippen LogP contribution in [0.25, 0.3) is 0 Å². The summed E-state index contributed by atoms with van der Waals surface area (Å²) in [5.74, 6) is -0.724. The highest BCUT2D eigenvalue weighted by Gasteiger charge is 2.36. The lowest BCUT2D eigenvalue weighted by atomic mass is 10.1. The summed E-state index contributed by atoms with van der Waals surface area (Å²) in [6.07, 6.45) is -0.00318. The molecular formula is C14H16N2O5S. The van der Waals surface area contributed by atoms with E-state index in [0.717, 1.165) is 4.31 Å². The van der Waals surface area contributed by atoms with Crippen molar-refractivity contribution in [3.8, 4) is 0 Å². The van der Waals surface area contributed by atoms with Crippen LogP contribution in [0, 0.1) is 0 Å². The molecule has 118 valence electrons. The van der Waals surface area contributed by atoms with Crippen molar-refractivity contribution in [3.05, 3.63) is 29.8 Å². The molecule has 8 heteroatoms. The summed E-state index contributed by atoms with van der Waals surface area (Å²) in [7, 11) is -3.57. The van der Waals surface area contributed by atoms with E-state index >= 15 is 0 Å². The first kappa shape index (κ1) is 15.0. The number of anilines is 1. The molecule has 0 spiro atoms. The molecule has 3 rings (SSSR count). The van der Waals surface area contributed by atoms with Crippen molar-refractivity contribution in [2.75, 3.05) is 36.4 Å². The largest absolute Gasteiger partial charge is 0.378 e. The van der Waals surface area contributed by atoms with Crippen LogP contribution in [0.1, 0.15) is 16.8 Å². The second-order valence-corrected chi connectivity index (χ2v) is 7.11. The summed E-state index contributed by atoms with van der Waals surface area (Å²) in [5, 5.41) is 0. The maximum Gasteiger partial charge on any atom is 0.254 e. The number of carbonyl (C=O) groups excluding carboxylic acids is 2. The van der Waals surface area contributed by atoms with Gasteiger partial charge in [-0.3, -0.25) is 9.59 Å². The summed E-state index contributed by atoms with van der Waals surface area (Å²) in [6.45, 7) is 2.12. The van der Waals surface area contributed by atoms with Gasteiger partial charge >= 0.3 is 0 Å². The van der Waals surface area contributed by atoms with Gasteiger partial charge < -0.3 is 9.64 Å². The maximum absolute atomic E-state index is 12.3. The fourth-order valence-corrected chi connectivity index (χ4v) is 4.02. The van der Waals surface area contributed by atoms with Gasteiger partial charge in [-0.15, -0.1) is 0 Å². The number of nitrogens with zero attached hydrogens (tertiary/aromatic N) is 2. The molecular weight excluding hydrogens is 308 g/mol. The summed E-state index contributed by atoms with van der Waals surface area (Å²) in [4.78, 5) is 25.7. The van der Waals surface area contributed by atoms with Gasteiger partial charge in [0.1, 0.15) is 0 Å². The van der Waals surface area contributed by atoms with E-state index in [-0.39, 0.29) is 23.8 Å². The van der Waals surface area contributed by atoms with Gasteiger partial charge in [0.25, 0.3) is 5.91 Å². The van der Waals surface area contributed by atoms with Gasteiger partial charge in [-0.05, 0) is 24.3 Å². The number of hydrogen-bond donors (Lipinski definition) is 0. The van der Waals surface area contributed by atoms with Crippen molar-refractivity contribution in [1.82, 2.24) is 4.90 Å². The van der Waals surface area contributed by atoms with Crippen LogP contribution in [-0.4, -0.2) is 57.2 Å². The molecule has 2 saturated heterocycles. The van der Waals surface area contributed by atoms with E-state index in [1.54, 1.807) is 17.0 Å². The van der Waals surface area contributed by atoms with Crippen LogP contribution in [0.15, 0.2) is 24.3 Å². The van der Waals surface area contributed by atoms with E-state index in [9.17, 15) is 18.0 Å². The molecule has 2 heterocycles. The fourth-order valence-electron chi connectivity index (χ4n) is 2.56. The molecule has 0 radical (unpaired) electrons. The van der Waals surface area contributed by atoms with Crippen molar-refractivity contribution >= 4 is 27.5 Å². The minimum Gasteiger partial charge on any atom is -0.378 e. The zero-order valence-electron chi connectivity index (χ0n) is 11.9. The molecule has 2 amide bonds. The zero-order valence-corrected chi connectivity index (χ0v) is 12.7. The molecule has 0 aliphatic carbocycles. The third kappa shape index (κ3) is 2.71. The Morgan fingerprint density at radius 2 is 1.73 bits per heavy atom. The van der Waals surface area contributed by atoms with E-state index in [1.807, 2.05) is 0 Å². The van der Waals surface area contributed by atoms with Crippen LogP contribution in [0.2, 0.25) is 0 Å². The Balaban J connectivity index is 1.81. The topological polar surface area (TPSA) is 84.0 Å². The van der Waals surface area contributed by atoms with Crippen LogP contribution in [-0.2, 0) is 19.6 Å². The molecule has 0 N–H and O–H groups in total. The van der Waals surface area contributed by atoms with Crippen LogP contribution in [0.5, 0.6) is 0 Å². The van der Waals surface area contributed by atoms with Crippen molar-refractivity contribution in [3.63, 3.8) is 0 Å². The van der Waals surface area contributed by atoms with E-state index in [1.165, 1.54) is 12.1 Å². The SMILES string of the molecule is O=C(c1ccc(N2C(=O)CCS2(=O)=O)cc1)N1CCOCC1. The molecule has 0 saturated carbocycles. The van der Waals surface area contributed by atoms with Gasteiger partial charge in [0, 0.05) is 25.1 Å². The highest BCUT2D eigenvalue weighted by atomic mass is 32.2. The zero-order chi connectivity index (χ0) is 15.7. The minimum absolute atomic E-state index is 0.00318. The van der Waals surface area contributed by atoms with E-state index in [0.29, 0.717) is 31.9 Å². The Bertz CT molecular complexity index is 692. The second kappa shape index (κ2) is 5.69. The lowest BCUT2D eigenvalue weighted by molar-refractivity contribution is -0.116. The Kier molecular flexibility index (Phi) is 3.88. The number of benzene rings is 1. The number of sulfonamides is 1. The molecule has 7 nitrogen and oxygen atoms in total. The monoisotopic (exact) mass is 324 g/mol. The lowest BCUT2D eigenvalue weighted by Crippen LogP contribution is -2.40. The molecule has 0 unspecified atom stereocenters. The number of ether oxygens (including phenoxy) is 1. The summed E-state index contributed by atoms with van der Waals surface area (Å²) < 4.78 is 29.7. The van der Waals surface area contributed by atoms with E-state index in [4.69, 9.17) is 4.74 Å². The van der Waals surface area contributed by atoms with E-state index in [2.05, 4.69) is 0 Å². The highest BCUT2D eigenvalue weighted by molar-refractivity contribution is 7.94.